The van der Waals surface area contributed by atoms with Crippen LogP contribution in [-0.4, -0.2) is 29.9 Å². The molecule has 2 rings (SSSR count). The van der Waals surface area contributed by atoms with Crippen LogP contribution in [0.25, 0.3) is 0 Å². The van der Waals surface area contributed by atoms with Crippen LogP contribution in [0.15, 0.2) is 24.3 Å². The van der Waals surface area contributed by atoms with E-state index in [4.69, 9.17) is 5.73 Å². The number of benzene rings is 1. The monoisotopic (exact) mass is 289 g/mol. The largest absolute Gasteiger partial charge is 0.397 e. The predicted molar refractivity (Wildman–Crippen MR) is 88.2 cm³/mol. The first-order valence-corrected chi connectivity index (χ1v) is 7.94. The second-order valence-electron chi connectivity index (χ2n) is 6.36. The topological polar surface area (TPSA) is 58.4 Å². The van der Waals surface area contributed by atoms with Crippen molar-refractivity contribution < 1.29 is 4.79 Å². The first-order chi connectivity index (χ1) is 10.1. The van der Waals surface area contributed by atoms with E-state index < -0.39 is 0 Å². The number of amides is 1. The van der Waals surface area contributed by atoms with Crippen molar-refractivity contribution in [2.45, 2.75) is 45.6 Å². The number of nitrogens with zero attached hydrogens (tertiary/aromatic N) is 1. The van der Waals surface area contributed by atoms with Crippen molar-refractivity contribution in [2.75, 3.05) is 24.1 Å². The summed E-state index contributed by atoms with van der Waals surface area (Å²) in [5.74, 6) is 0.733. The minimum atomic E-state index is 0.0493. The molecule has 0 unspecified atom stereocenters. The van der Waals surface area contributed by atoms with Crippen molar-refractivity contribution >= 4 is 17.3 Å². The van der Waals surface area contributed by atoms with Gasteiger partial charge in [0.1, 0.15) is 0 Å². The van der Waals surface area contributed by atoms with E-state index in [1.807, 2.05) is 18.2 Å². The average Bonchev–Trinajstić information content (AvgIpc) is 3.24. The maximum Gasteiger partial charge on any atom is 0.224 e. The van der Waals surface area contributed by atoms with E-state index in [-0.39, 0.29) is 5.91 Å². The fourth-order valence-corrected chi connectivity index (χ4v) is 2.60. The molecule has 21 heavy (non-hydrogen) atoms. The van der Waals surface area contributed by atoms with Crippen LogP contribution < -0.4 is 11.1 Å². The summed E-state index contributed by atoms with van der Waals surface area (Å²) in [6, 6.07) is 8.14. The molecule has 0 spiro atoms. The van der Waals surface area contributed by atoms with Crippen LogP contribution in [-0.2, 0) is 4.79 Å². The molecule has 1 aliphatic rings. The highest BCUT2D eigenvalue weighted by Gasteiger charge is 2.28. The van der Waals surface area contributed by atoms with Gasteiger partial charge in [0.15, 0.2) is 0 Å². The molecule has 0 atom stereocenters. The van der Waals surface area contributed by atoms with Crippen LogP contribution in [0.3, 0.4) is 0 Å². The minimum Gasteiger partial charge on any atom is -0.397 e. The Morgan fingerprint density at radius 2 is 2.10 bits per heavy atom. The van der Waals surface area contributed by atoms with Gasteiger partial charge in [-0.05, 0) is 43.9 Å². The Morgan fingerprint density at radius 1 is 1.38 bits per heavy atom. The van der Waals surface area contributed by atoms with Crippen molar-refractivity contribution in [1.82, 2.24) is 4.90 Å². The lowest BCUT2D eigenvalue weighted by Crippen LogP contribution is -2.31. The van der Waals surface area contributed by atoms with Gasteiger partial charge in [-0.2, -0.15) is 0 Å². The van der Waals surface area contributed by atoms with Gasteiger partial charge in [-0.15, -0.1) is 0 Å². The number of carbonyl (C=O) groups is 1. The number of nitrogens with two attached hydrogens (primary N) is 1. The number of nitrogen functional groups attached to an aromatic ring is 1. The summed E-state index contributed by atoms with van der Waals surface area (Å²) in [6.07, 6.45) is 4.09. The molecule has 1 aromatic rings. The highest BCUT2D eigenvalue weighted by Crippen LogP contribution is 2.27. The van der Waals surface area contributed by atoms with Gasteiger partial charge in [-0.3, -0.25) is 4.79 Å². The van der Waals surface area contributed by atoms with Crippen molar-refractivity contribution in [3.05, 3.63) is 24.3 Å². The smallest absolute Gasteiger partial charge is 0.224 e. The van der Waals surface area contributed by atoms with E-state index in [0.717, 1.165) is 25.6 Å². The third-order valence-electron chi connectivity index (χ3n) is 3.75. The van der Waals surface area contributed by atoms with Crippen LogP contribution in [0.5, 0.6) is 0 Å². The Kier molecular flexibility index (Phi) is 5.62. The molecule has 0 heterocycles. The SMILES string of the molecule is CC(C)CN(CCCC(=O)Nc1ccccc1N)C1CC1. The number of nitrogens with one attached hydrogen (secondary N) is 1. The molecule has 116 valence electrons. The Labute approximate surface area is 127 Å². The molecular weight excluding hydrogens is 262 g/mol. The van der Waals surface area contributed by atoms with Gasteiger partial charge in [0.2, 0.25) is 5.91 Å². The van der Waals surface area contributed by atoms with E-state index in [0.29, 0.717) is 23.7 Å². The Balaban J connectivity index is 1.72. The fraction of sp³-hybridized carbons (Fsp3) is 0.588. The van der Waals surface area contributed by atoms with Gasteiger partial charge in [-0.25, -0.2) is 0 Å². The van der Waals surface area contributed by atoms with Gasteiger partial charge >= 0.3 is 0 Å². The minimum absolute atomic E-state index is 0.0493. The zero-order valence-corrected chi connectivity index (χ0v) is 13.1. The predicted octanol–water partition coefficient (Wildman–Crippen LogP) is 3.11. The third kappa shape index (κ3) is 5.38. The van der Waals surface area contributed by atoms with Crippen molar-refractivity contribution in [1.29, 1.82) is 0 Å². The van der Waals surface area contributed by atoms with E-state index >= 15 is 0 Å². The van der Waals surface area contributed by atoms with Crippen molar-refractivity contribution in [3.8, 4) is 0 Å². The van der Waals surface area contributed by atoms with E-state index in [1.54, 1.807) is 6.07 Å². The number of carbonyl (C=O) groups excluding carboxylic acids is 1. The zero-order valence-electron chi connectivity index (χ0n) is 13.1. The molecule has 0 aromatic heterocycles. The normalized spacial score (nSPS) is 14.7. The molecule has 0 saturated heterocycles. The molecule has 1 amide bonds. The molecule has 4 heteroatoms. The maximum atomic E-state index is 12.0. The number of anilines is 2. The Bertz CT molecular complexity index is 469. The average molecular weight is 289 g/mol. The maximum absolute atomic E-state index is 12.0. The molecule has 0 bridgehead atoms. The summed E-state index contributed by atoms with van der Waals surface area (Å²) >= 11 is 0. The molecule has 1 aliphatic carbocycles. The van der Waals surface area contributed by atoms with Gasteiger partial charge in [0, 0.05) is 19.0 Å². The molecule has 3 N–H and O–H groups in total. The summed E-state index contributed by atoms with van der Waals surface area (Å²) in [4.78, 5) is 14.5. The summed E-state index contributed by atoms with van der Waals surface area (Å²) in [7, 11) is 0. The highest BCUT2D eigenvalue weighted by atomic mass is 16.1. The van der Waals surface area contributed by atoms with E-state index in [9.17, 15) is 4.79 Å². The first-order valence-electron chi connectivity index (χ1n) is 7.94. The summed E-state index contributed by atoms with van der Waals surface area (Å²) in [5.41, 5.74) is 7.15. The van der Waals surface area contributed by atoms with Crippen molar-refractivity contribution in [2.24, 2.45) is 5.92 Å². The summed E-state index contributed by atoms with van der Waals surface area (Å²) in [6.45, 7) is 6.65. The zero-order chi connectivity index (χ0) is 15.2. The molecule has 0 radical (unpaired) electrons. The lowest BCUT2D eigenvalue weighted by atomic mass is 10.2. The molecule has 4 nitrogen and oxygen atoms in total. The standard InChI is InChI=1S/C17H27N3O/c1-13(2)12-20(14-9-10-14)11-5-8-17(21)19-16-7-4-3-6-15(16)18/h3-4,6-7,13-14H,5,8-12,18H2,1-2H3,(H,19,21). The highest BCUT2D eigenvalue weighted by molar-refractivity contribution is 5.93. The Morgan fingerprint density at radius 3 is 2.71 bits per heavy atom. The molecule has 1 fully saturated rings. The quantitative estimate of drug-likeness (QED) is 0.723. The van der Waals surface area contributed by atoms with E-state index in [1.165, 1.54) is 12.8 Å². The number of hydrogen-bond donors (Lipinski definition) is 2. The lowest BCUT2D eigenvalue weighted by molar-refractivity contribution is -0.116. The number of hydrogen-bond acceptors (Lipinski definition) is 3. The number of rotatable bonds is 8. The van der Waals surface area contributed by atoms with Crippen molar-refractivity contribution in [3.63, 3.8) is 0 Å². The molecule has 1 saturated carbocycles. The fourth-order valence-electron chi connectivity index (χ4n) is 2.60. The third-order valence-corrected chi connectivity index (χ3v) is 3.75. The molecule has 0 aliphatic heterocycles. The second-order valence-corrected chi connectivity index (χ2v) is 6.36. The molecular formula is C17H27N3O. The van der Waals surface area contributed by atoms with Gasteiger partial charge in [0.25, 0.3) is 0 Å². The number of para-hydroxylation sites is 2. The summed E-state index contributed by atoms with van der Waals surface area (Å²) in [5, 5.41) is 2.89. The first kappa shape index (κ1) is 15.8. The van der Waals surface area contributed by atoms with Crippen LogP contribution in [0.2, 0.25) is 0 Å². The van der Waals surface area contributed by atoms with Crippen LogP contribution in [0.1, 0.15) is 39.5 Å². The molecule has 1 aromatic carbocycles. The van der Waals surface area contributed by atoms with Gasteiger partial charge < -0.3 is 16.0 Å². The van der Waals surface area contributed by atoms with Gasteiger partial charge in [0.05, 0.1) is 11.4 Å². The van der Waals surface area contributed by atoms with Gasteiger partial charge in [-0.1, -0.05) is 26.0 Å². The summed E-state index contributed by atoms with van der Waals surface area (Å²) < 4.78 is 0. The van der Waals surface area contributed by atoms with E-state index in [2.05, 4.69) is 24.1 Å². The van der Waals surface area contributed by atoms with Crippen LogP contribution >= 0.6 is 0 Å². The Hall–Kier alpha value is -1.55. The van der Waals surface area contributed by atoms with Crippen LogP contribution in [0, 0.1) is 5.92 Å². The second kappa shape index (κ2) is 7.46. The lowest BCUT2D eigenvalue weighted by Gasteiger charge is -2.23. The van der Waals surface area contributed by atoms with Crippen LogP contribution in [0.4, 0.5) is 11.4 Å².